The van der Waals surface area contributed by atoms with Crippen LogP contribution in [0.5, 0.6) is 5.75 Å². The van der Waals surface area contributed by atoms with Gasteiger partial charge in [0, 0.05) is 16.6 Å². The second kappa shape index (κ2) is 5.85. The molecule has 2 aromatic carbocycles. The number of hydrogen-bond acceptors (Lipinski definition) is 2. The fourth-order valence-corrected chi connectivity index (χ4v) is 2.65. The number of halogens is 2. The van der Waals surface area contributed by atoms with Crippen LogP contribution in [0.25, 0.3) is 0 Å². The molecule has 3 rings (SSSR count). The highest BCUT2D eigenvalue weighted by Gasteiger charge is 2.23. The highest BCUT2D eigenvalue weighted by molar-refractivity contribution is 9.10. The second-order valence-electron chi connectivity index (χ2n) is 4.81. The van der Waals surface area contributed by atoms with Crippen LogP contribution in [-0.2, 0) is 6.54 Å². The number of fused-ring (bicyclic) bond motifs is 1. The molecule has 0 fully saturated rings. The maximum absolute atomic E-state index is 13.9. The largest absolute Gasteiger partial charge is 0.491 e. The summed E-state index contributed by atoms with van der Waals surface area (Å²) in [5.74, 6) is 0.127. The predicted molar refractivity (Wildman–Crippen MR) is 80.8 cm³/mol. The number of carbonyl (C=O) groups excluding carboxylic acids is 1. The minimum Gasteiger partial charge on any atom is -0.491 e. The van der Waals surface area contributed by atoms with E-state index in [9.17, 15) is 9.18 Å². The van der Waals surface area contributed by atoms with Crippen molar-refractivity contribution >= 4 is 21.8 Å². The number of para-hydroxylation sites is 1. The van der Waals surface area contributed by atoms with E-state index in [0.29, 0.717) is 34.5 Å². The highest BCUT2D eigenvalue weighted by atomic mass is 79.9. The van der Waals surface area contributed by atoms with Crippen LogP contribution in [0.3, 0.4) is 0 Å². The lowest BCUT2D eigenvalue weighted by Gasteiger charge is -2.20. The maximum Gasteiger partial charge on any atom is 0.258 e. The van der Waals surface area contributed by atoms with Crippen molar-refractivity contribution in [2.75, 3.05) is 13.2 Å². The summed E-state index contributed by atoms with van der Waals surface area (Å²) in [6, 6.07) is 12.0. The van der Waals surface area contributed by atoms with Crippen molar-refractivity contribution in [2.24, 2.45) is 0 Å². The molecule has 0 aliphatic carbocycles. The fourth-order valence-electron chi connectivity index (χ4n) is 2.31. The molecule has 108 valence electrons. The molecule has 3 nitrogen and oxygen atoms in total. The number of hydrogen-bond donors (Lipinski definition) is 0. The monoisotopic (exact) mass is 349 g/mol. The Morgan fingerprint density at radius 1 is 1.24 bits per heavy atom. The third kappa shape index (κ3) is 2.93. The van der Waals surface area contributed by atoms with E-state index in [1.54, 1.807) is 35.2 Å². The molecule has 21 heavy (non-hydrogen) atoms. The van der Waals surface area contributed by atoms with E-state index in [1.807, 2.05) is 6.07 Å². The smallest absolute Gasteiger partial charge is 0.258 e. The molecule has 0 radical (unpaired) electrons. The van der Waals surface area contributed by atoms with Crippen LogP contribution in [0.4, 0.5) is 4.39 Å². The molecule has 0 saturated carbocycles. The number of ether oxygens (including phenoxy) is 1. The van der Waals surface area contributed by atoms with Crippen LogP contribution in [0.1, 0.15) is 15.9 Å². The minimum atomic E-state index is -0.323. The quantitative estimate of drug-likeness (QED) is 0.828. The van der Waals surface area contributed by atoms with Gasteiger partial charge in [-0.25, -0.2) is 4.39 Å². The molecule has 0 aromatic heterocycles. The number of nitrogens with zero attached hydrogens (tertiary/aromatic N) is 1. The molecule has 0 atom stereocenters. The fraction of sp³-hybridized carbons (Fsp3) is 0.188. The Morgan fingerprint density at radius 3 is 2.86 bits per heavy atom. The lowest BCUT2D eigenvalue weighted by molar-refractivity contribution is 0.0741. The van der Waals surface area contributed by atoms with Crippen molar-refractivity contribution in [3.05, 3.63) is 63.9 Å². The average molecular weight is 350 g/mol. The van der Waals surface area contributed by atoms with Crippen molar-refractivity contribution in [3.63, 3.8) is 0 Å². The molecular weight excluding hydrogens is 337 g/mol. The normalized spacial score (nSPS) is 14.4. The zero-order valence-electron chi connectivity index (χ0n) is 11.2. The van der Waals surface area contributed by atoms with E-state index < -0.39 is 0 Å². The van der Waals surface area contributed by atoms with Crippen LogP contribution >= 0.6 is 15.9 Å². The first kappa shape index (κ1) is 14.1. The Hall–Kier alpha value is -1.88. The van der Waals surface area contributed by atoms with E-state index in [4.69, 9.17) is 4.74 Å². The molecule has 2 aromatic rings. The Bertz CT molecular complexity index is 690. The lowest BCUT2D eigenvalue weighted by Crippen LogP contribution is -2.32. The average Bonchev–Trinajstić information content (AvgIpc) is 2.63. The summed E-state index contributed by atoms with van der Waals surface area (Å²) in [7, 11) is 0. The first-order chi connectivity index (χ1) is 10.1. The van der Waals surface area contributed by atoms with E-state index in [1.165, 1.54) is 6.07 Å². The summed E-state index contributed by atoms with van der Waals surface area (Å²) < 4.78 is 20.2. The van der Waals surface area contributed by atoms with E-state index in [-0.39, 0.29) is 18.3 Å². The molecule has 0 N–H and O–H groups in total. The van der Waals surface area contributed by atoms with Crippen molar-refractivity contribution in [1.29, 1.82) is 0 Å². The van der Waals surface area contributed by atoms with Gasteiger partial charge in [-0.3, -0.25) is 4.79 Å². The van der Waals surface area contributed by atoms with Crippen LogP contribution in [-0.4, -0.2) is 24.0 Å². The molecule has 0 spiro atoms. The summed E-state index contributed by atoms with van der Waals surface area (Å²) >= 11 is 3.23. The molecule has 1 heterocycles. The summed E-state index contributed by atoms with van der Waals surface area (Å²) in [5, 5.41) is 0. The summed E-state index contributed by atoms with van der Waals surface area (Å²) in [4.78, 5) is 14.1. The third-order valence-corrected chi connectivity index (χ3v) is 3.89. The van der Waals surface area contributed by atoms with Gasteiger partial charge >= 0.3 is 0 Å². The van der Waals surface area contributed by atoms with Gasteiger partial charge in [0.15, 0.2) is 0 Å². The summed E-state index contributed by atoms with van der Waals surface area (Å²) in [6.45, 7) is 1.07. The summed E-state index contributed by atoms with van der Waals surface area (Å²) in [5.41, 5.74) is 1.01. The van der Waals surface area contributed by atoms with Gasteiger partial charge in [-0.2, -0.15) is 0 Å². The zero-order valence-corrected chi connectivity index (χ0v) is 12.8. The maximum atomic E-state index is 13.9. The SMILES string of the molecule is O=C1c2ccccc2OCCN1Cc1ccc(Br)cc1F. The highest BCUT2D eigenvalue weighted by Crippen LogP contribution is 2.24. The van der Waals surface area contributed by atoms with Gasteiger partial charge in [0.05, 0.1) is 12.1 Å². The first-order valence-corrected chi connectivity index (χ1v) is 7.39. The molecule has 1 aliphatic rings. The molecular formula is C16H13BrFNO2. The van der Waals surface area contributed by atoms with Gasteiger partial charge in [-0.05, 0) is 24.3 Å². The van der Waals surface area contributed by atoms with E-state index >= 15 is 0 Å². The number of benzene rings is 2. The predicted octanol–water partition coefficient (Wildman–Crippen LogP) is 3.62. The van der Waals surface area contributed by atoms with E-state index in [0.717, 1.165) is 0 Å². The van der Waals surface area contributed by atoms with Gasteiger partial charge in [-0.1, -0.05) is 34.1 Å². The van der Waals surface area contributed by atoms with Crippen molar-refractivity contribution in [2.45, 2.75) is 6.54 Å². The minimum absolute atomic E-state index is 0.134. The molecule has 0 unspecified atom stereocenters. The first-order valence-electron chi connectivity index (χ1n) is 6.60. The molecule has 1 aliphatic heterocycles. The van der Waals surface area contributed by atoms with Crippen molar-refractivity contribution in [1.82, 2.24) is 4.90 Å². The topological polar surface area (TPSA) is 29.5 Å². The number of rotatable bonds is 2. The molecule has 5 heteroatoms. The zero-order chi connectivity index (χ0) is 14.8. The second-order valence-corrected chi connectivity index (χ2v) is 5.72. The Balaban J connectivity index is 1.87. The van der Waals surface area contributed by atoms with Crippen molar-refractivity contribution in [3.8, 4) is 5.75 Å². The number of amides is 1. The van der Waals surface area contributed by atoms with Gasteiger partial charge < -0.3 is 9.64 Å². The van der Waals surface area contributed by atoms with Crippen LogP contribution in [0, 0.1) is 5.82 Å². The van der Waals surface area contributed by atoms with Gasteiger partial charge in [0.2, 0.25) is 0 Å². The van der Waals surface area contributed by atoms with E-state index in [2.05, 4.69) is 15.9 Å². The van der Waals surface area contributed by atoms with Crippen LogP contribution in [0.2, 0.25) is 0 Å². The van der Waals surface area contributed by atoms with Crippen LogP contribution < -0.4 is 4.74 Å². The van der Waals surface area contributed by atoms with Crippen molar-refractivity contribution < 1.29 is 13.9 Å². The number of carbonyl (C=O) groups is 1. The molecule has 0 bridgehead atoms. The van der Waals surface area contributed by atoms with Gasteiger partial charge in [0.25, 0.3) is 5.91 Å². The standard InChI is InChI=1S/C16H13BrFNO2/c17-12-6-5-11(14(18)9-12)10-19-7-8-21-15-4-2-1-3-13(15)16(19)20/h1-6,9H,7-8,10H2. The molecule has 1 amide bonds. The summed E-state index contributed by atoms with van der Waals surface area (Å²) in [6.07, 6.45) is 0. The lowest BCUT2D eigenvalue weighted by atomic mass is 10.1. The Morgan fingerprint density at radius 2 is 2.05 bits per heavy atom. The molecule has 0 saturated heterocycles. The Kier molecular flexibility index (Phi) is 3.92. The van der Waals surface area contributed by atoms with Gasteiger partial charge in [0.1, 0.15) is 18.2 Å². The third-order valence-electron chi connectivity index (χ3n) is 3.40. The van der Waals surface area contributed by atoms with Crippen LogP contribution in [0.15, 0.2) is 46.9 Å². The Labute approximate surface area is 130 Å². The van der Waals surface area contributed by atoms with Gasteiger partial charge in [-0.15, -0.1) is 0 Å².